The van der Waals surface area contributed by atoms with Crippen LogP contribution in [0.4, 0.5) is 0 Å². The van der Waals surface area contributed by atoms with Crippen LogP contribution in [0.25, 0.3) is 17.2 Å². The maximum atomic E-state index is 11.6. The standard InChI is InChI=1S/C18H16O4/c1-2-22-18(21)16(17(19)20)12-13-8-10-15(11-9-13)14-6-4-3-5-7-14/h3-12H,2H2,1H3,(H,19,20). The summed E-state index contributed by atoms with van der Waals surface area (Å²) in [6.45, 7) is 1.77. The van der Waals surface area contributed by atoms with E-state index in [1.807, 2.05) is 42.5 Å². The van der Waals surface area contributed by atoms with Crippen molar-refractivity contribution in [3.8, 4) is 11.1 Å². The summed E-state index contributed by atoms with van der Waals surface area (Å²) in [6.07, 6.45) is 1.31. The molecule has 1 N–H and O–H groups in total. The number of carbonyl (C=O) groups excluding carboxylic acids is 1. The Morgan fingerprint density at radius 1 is 1.00 bits per heavy atom. The number of aliphatic carboxylic acids is 1. The van der Waals surface area contributed by atoms with Crippen molar-refractivity contribution in [3.05, 3.63) is 65.7 Å². The zero-order chi connectivity index (χ0) is 15.9. The number of carboxylic acid groups (broad SMARTS) is 1. The lowest BCUT2D eigenvalue weighted by Gasteiger charge is -2.04. The van der Waals surface area contributed by atoms with Crippen LogP contribution in [-0.4, -0.2) is 23.7 Å². The molecule has 0 radical (unpaired) electrons. The molecule has 0 spiro atoms. The maximum absolute atomic E-state index is 11.6. The summed E-state index contributed by atoms with van der Waals surface area (Å²) in [5.41, 5.74) is 2.34. The molecule has 112 valence electrons. The second-order valence-electron chi connectivity index (χ2n) is 4.57. The molecule has 0 aliphatic rings. The summed E-state index contributed by atoms with van der Waals surface area (Å²) in [6, 6.07) is 17.1. The van der Waals surface area contributed by atoms with Gasteiger partial charge >= 0.3 is 11.9 Å². The van der Waals surface area contributed by atoms with Gasteiger partial charge in [0.1, 0.15) is 5.57 Å². The summed E-state index contributed by atoms with van der Waals surface area (Å²) in [5, 5.41) is 9.10. The summed E-state index contributed by atoms with van der Waals surface area (Å²) in [5.74, 6) is -2.13. The van der Waals surface area contributed by atoms with Crippen LogP contribution in [0.2, 0.25) is 0 Å². The Morgan fingerprint density at radius 3 is 2.14 bits per heavy atom. The summed E-state index contributed by atoms with van der Waals surface area (Å²) < 4.78 is 4.74. The van der Waals surface area contributed by atoms with Crippen LogP contribution in [0, 0.1) is 0 Å². The SMILES string of the molecule is CCOC(=O)C(=Cc1ccc(-c2ccccc2)cc1)C(=O)O. The van der Waals surface area contributed by atoms with Crippen LogP contribution in [0.3, 0.4) is 0 Å². The predicted octanol–water partition coefficient (Wildman–Crippen LogP) is 3.38. The molecule has 2 aromatic carbocycles. The number of carboxylic acids is 1. The van der Waals surface area contributed by atoms with E-state index in [-0.39, 0.29) is 12.2 Å². The van der Waals surface area contributed by atoms with Crippen molar-refractivity contribution in [2.45, 2.75) is 6.92 Å². The third kappa shape index (κ3) is 3.82. The highest BCUT2D eigenvalue weighted by atomic mass is 16.5. The molecule has 2 rings (SSSR count). The maximum Gasteiger partial charge on any atom is 0.345 e. The zero-order valence-corrected chi connectivity index (χ0v) is 12.2. The molecular formula is C18H16O4. The van der Waals surface area contributed by atoms with Crippen LogP contribution in [0.5, 0.6) is 0 Å². The number of rotatable bonds is 5. The van der Waals surface area contributed by atoms with Gasteiger partial charge in [0.2, 0.25) is 0 Å². The largest absolute Gasteiger partial charge is 0.477 e. The first kappa shape index (κ1) is 15.5. The fourth-order valence-corrected chi connectivity index (χ4v) is 1.99. The second-order valence-corrected chi connectivity index (χ2v) is 4.57. The fraction of sp³-hybridized carbons (Fsp3) is 0.111. The Kier molecular flexibility index (Phi) is 5.09. The molecule has 0 heterocycles. The highest BCUT2D eigenvalue weighted by molar-refractivity contribution is 6.17. The Hall–Kier alpha value is -2.88. The van der Waals surface area contributed by atoms with Gasteiger partial charge in [0, 0.05) is 0 Å². The van der Waals surface area contributed by atoms with Crippen molar-refractivity contribution in [3.63, 3.8) is 0 Å². The van der Waals surface area contributed by atoms with Gasteiger partial charge in [-0.05, 0) is 29.7 Å². The number of hydrogen-bond acceptors (Lipinski definition) is 3. The smallest absolute Gasteiger partial charge is 0.345 e. The number of carbonyl (C=O) groups is 2. The lowest BCUT2D eigenvalue weighted by atomic mass is 10.0. The molecule has 0 saturated carbocycles. The Balaban J connectivity index is 2.27. The van der Waals surface area contributed by atoms with E-state index in [0.717, 1.165) is 11.1 Å². The number of benzene rings is 2. The first-order chi connectivity index (χ1) is 10.6. The van der Waals surface area contributed by atoms with Crippen LogP contribution in [-0.2, 0) is 14.3 Å². The molecule has 4 nitrogen and oxygen atoms in total. The average Bonchev–Trinajstić information content (AvgIpc) is 2.54. The monoisotopic (exact) mass is 296 g/mol. The molecule has 0 saturated heterocycles. The van der Waals surface area contributed by atoms with E-state index in [9.17, 15) is 9.59 Å². The number of esters is 1. The highest BCUT2D eigenvalue weighted by Gasteiger charge is 2.18. The third-order valence-electron chi connectivity index (χ3n) is 3.05. The van der Waals surface area contributed by atoms with Crippen LogP contribution < -0.4 is 0 Å². The van der Waals surface area contributed by atoms with Crippen molar-refractivity contribution < 1.29 is 19.4 Å². The van der Waals surface area contributed by atoms with Gasteiger partial charge in [-0.2, -0.15) is 0 Å². The molecule has 0 unspecified atom stereocenters. The van der Waals surface area contributed by atoms with Gasteiger partial charge in [-0.25, -0.2) is 9.59 Å². The van der Waals surface area contributed by atoms with E-state index in [4.69, 9.17) is 9.84 Å². The predicted molar refractivity (Wildman–Crippen MR) is 84.1 cm³/mol. The van der Waals surface area contributed by atoms with Crippen molar-refractivity contribution >= 4 is 18.0 Å². The molecule has 0 fully saturated rings. The van der Waals surface area contributed by atoms with E-state index < -0.39 is 11.9 Å². The molecule has 0 bridgehead atoms. The van der Waals surface area contributed by atoms with Crippen molar-refractivity contribution in [2.75, 3.05) is 6.61 Å². The summed E-state index contributed by atoms with van der Waals surface area (Å²) in [7, 11) is 0. The number of hydrogen-bond donors (Lipinski definition) is 1. The Bertz CT molecular complexity index is 685. The van der Waals surface area contributed by atoms with Gasteiger partial charge < -0.3 is 9.84 Å². The average molecular weight is 296 g/mol. The minimum absolute atomic E-state index is 0.135. The Morgan fingerprint density at radius 2 is 1.59 bits per heavy atom. The van der Waals surface area contributed by atoms with E-state index in [1.54, 1.807) is 19.1 Å². The molecule has 4 heteroatoms. The molecule has 0 amide bonds. The van der Waals surface area contributed by atoms with Crippen molar-refractivity contribution in [1.29, 1.82) is 0 Å². The van der Waals surface area contributed by atoms with E-state index >= 15 is 0 Å². The zero-order valence-electron chi connectivity index (χ0n) is 12.2. The molecule has 0 atom stereocenters. The molecule has 2 aromatic rings. The third-order valence-corrected chi connectivity index (χ3v) is 3.05. The van der Waals surface area contributed by atoms with E-state index in [0.29, 0.717) is 5.56 Å². The van der Waals surface area contributed by atoms with E-state index in [2.05, 4.69) is 0 Å². The minimum atomic E-state index is -1.30. The molecular weight excluding hydrogens is 280 g/mol. The van der Waals surface area contributed by atoms with Gasteiger partial charge in [-0.3, -0.25) is 0 Å². The Labute approximate surface area is 128 Å². The lowest BCUT2D eigenvalue weighted by Crippen LogP contribution is -2.15. The highest BCUT2D eigenvalue weighted by Crippen LogP contribution is 2.20. The van der Waals surface area contributed by atoms with E-state index in [1.165, 1.54) is 6.08 Å². The second kappa shape index (κ2) is 7.22. The quantitative estimate of drug-likeness (QED) is 0.397. The first-order valence-corrected chi connectivity index (χ1v) is 6.89. The van der Waals surface area contributed by atoms with Crippen molar-refractivity contribution in [1.82, 2.24) is 0 Å². The molecule has 0 aliphatic heterocycles. The van der Waals surface area contributed by atoms with Crippen LogP contribution in [0.1, 0.15) is 12.5 Å². The van der Waals surface area contributed by atoms with Gasteiger partial charge in [0.05, 0.1) is 6.61 Å². The van der Waals surface area contributed by atoms with Gasteiger partial charge in [0.25, 0.3) is 0 Å². The summed E-state index contributed by atoms with van der Waals surface area (Å²) >= 11 is 0. The topological polar surface area (TPSA) is 63.6 Å². The normalized spacial score (nSPS) is 11.0. The van der Waals surface area contributed by atoms with Gasteiger partial charge in [0.15, 0.2) is 0 Å². The lowest BCUT2D eigenvalue weighted by molar-refractivity contribution is -0.143. The summed E-state index contributed by atoms with van der Waals surface area (Å²) in [4.78, 5) is 22.7. The van der Waals surface area contributed by atoms with Crippen LogP contribution in [0.15, 0.2) is 60.2 Å². The van der Waals surface area contributed by atoms with Gasteiger partial charge in [-0.1, -0.05) is 54.6 Å². The van der Waals surface area contributed by atoms with Crippen LogP contribution >= 0.6 is 0 Å². The fourth-order valence-electron chi connectivity index (χ4n) is 1.99. The first-order valence-electron chi connectivity index (χ1n) is 6.89. The number of ether oxygens (including phenoxy) is 1. The van der Waals surface area contributed by atoms with Crippen molar-refractivity contribution in [2.24, 2.45) is 0 Å². The minimum Gasteiger partial charge on any atom is -0.477 e. The molecule has 22 heavy (non-hydrogen) atoms. The van der Waals surface area contributed by atoms with Gasteiger partial charge in [-0.15, -0.1) is 0 Å². The molecule has 0 aromatic heterocycles. The molecule has 0 aliphatic carbocycles.